The van der Waals surface area contributed by atoms with Crippen molar-refractivity contribution in [2.75, 3.05) is 0 Å². The normalized spacial score (nSPS) is 10.7. The lowest BCUT2D eigenvalue weighted by Gasteiger charge is -2.17. The van der Waals surface area contributed by atoms with Crippen molar-refractivity contribution in [1.29, 1.82) is 0 Å². The molecular weight excluding hydrogens is 252 g/mol. The quantitative estimate of drug-likeness (QED) is 0.872. The molecule has 2 N–H and O–H groups in total. The molecule has 0 fully saturated rings. The summed E-state index contributed by atoms with van der Waals surface area (Å²) in [6.07, 6.45) is 0.929. The average molecular weight is 270 g/mol. The monoisotopic (exact) mass is 270 g/mol. The Labute approximate surface area is 118 Å². The molecule has 2 aromatic carbocycles. The molecule has 0 aliphatic carbocycles. The summed E-state index contributed by atoms with van der Waals surface area (Å²) in [5.74, 6) is 0.555. The minimum Gasteiger partial charge on any atom is -0.508 e. The highest BCUT2D eigenvalue weighted by Gasteiger charge is 2.17. The number of rotatable bonds is 5. The Morgan fingerprint density at radius 1 is 0.900 bits per heavy atom. The molecule has 20 heavy (non-hydrogen) atoms. The minimum absolute atomic E-state index is 0.0522. The molecule has 0 aliphatic heterocycles. The number of aromatic hydroxyl groups is 2. The van der Waals surface area contributed by atoms with Gasteiger partial charge in [0.05, 0.1) is 0 Å². The van der Waals surface area contributed by atoms with E-state index in [1.54, 1.807) is 24.3 Å². The van der Waals surface area contributed by atoms with Gasteiger partial charge in [0.15, 0.2) is 0 Å². The number of benzene rings is 2. The number of phenols is 2. The first-order chi connectivity index (χ1) is 9.60. The molecule has 0 amide bonds. The highest BCUT2D eigenvalue weighted by Crippen LogP contribution is 2.30. The molecule has 104 valence electrons. The number of ketones is 1. The van der Waals surface area contributed by atoms with Gasteiger partial charge in [-0.2, -0.15) is 0 Å². The van der Waals surface area contributed by atoms with E-state index < -0.39 is 0 Å². The van der Waals surface area contributed by atoms with Crippen molar-refractivity contribution in [1.82, 2.24) is 0 Å². The van der Waals surface area contributed by atoms with E-state index in [0.29, 0.717) is 12.8 Å². The van der Waals surface area contributed by atoms with Crippen molar-refractivity contribution in [3.05, 3.63) is 59.7 Å². The molecule has 0 saturated heterocycles. The lowest BCUT2D eigenvalue weighted by Crippen LogP contribution is -2.07. The van der Waals surface area contributed by atoms with Crippen LogP contribution in [0.25, 0.3) is 0 Å². The van der Waals surface area contributed by atoms with Crippen molar-refractivity contribution >= 4 is 5.78 Å². The summed E-state index contributed by atoms with van der Waals surface area (Å²) in [6.45, 7) is 1.85. The maximum Gasteiger partial charge on any atom is 0.133 e. The second-order valence-corrected chi connectivity index (χ2v) is 4.83. The molecule has 0 saturated carbocycles. The Morgan fingerprint density at radius 2 is 1.30 bits per heavy atom. The van der Waals surface area contributed by atoms with Crippen molar-refractivity contribution in [3.63, 3.8) is 0 Å². The van der Waals surface area contributed by atoms with Gasteiger partial charge in [0, 0.05) is 18.8 Å². The Hall–Kier alpha value is -2.29. The molecule has 0 aromatic heterocycles. The number of hydrogen-bond acceptors (Lipinski definition) is 3. The summed E-state index contributed by atoms with van der Waals surface area (Å²) < 4.78 is 0. The van der Waals surface area contributed by atoms with E-state index in [1.165, 1.54) is 0 Å². The topological polar surface area (TPSA) is 57.5 Å². The highest BCUT2D eigenvalue weighted by atomic mass is 16.3. The fraction of sp³-hybridized carbons (Fsp3) is 0.235. The van der Waals surface area contributed by atoms with Crippen LogP contribution in [0, 0.1) is 0 Å². The van der Waals surface area contributed by atoms with E-state index >= 15 is 0 Å². The van der Waals surface area contributed by atoms with E-state index in [4.69, 9.17) is 0 Å². The first-order valence-electron chi connectivity index (χ1n) is 6.69. The summed E-state index contributed by atoms with van der Waals surface area (Å²) in [6, 6.07) is 13.8. The van der Waals surface area contributed by atoms with Crippen LogP contribution in [0.4, 0.5) is 0 Å². The van der Waals surface area contributed by atoms with Gasteiger partial charge in [0.25, 0.3) is 0 Å². The first-order valence-corrected chi connectivity index (χ1v) is 6.69. The molecule has 0 heterocycles. The standard InChI is InChI=1S/C17H18O3/c1-2-14(18)11-17(12-3-7-15(19)8-4-12)13-5-9-16(20)10-6-13/h3-10,17,19-20H,2,11H2,1H3. The molecule has 3 nitrogen and oxygen atoms in total. The summed E-state index contributed by atoms with van der Waals surface area (Å²) in [5, 5.41) is 18.7. The van der Waals surface area contributed by atoms with Crippen molar-refractivity contribution in [2.45, 2.75) is 25.7 Å². The third kappa shape index (κ3) is 3.38. The second kappa shape index (κ2) is 6.24. The zero-order chi connectivity index (χ0) is 14.5. The fourth-order valence-electron chi connectivity index (χ4n) is 2.21. The van der Waals surface area contributed by atoms with Crippen LogP contribution in [0.5, 0.6) is 11.5 Å². The molecular formula is C17H18O3. The van der Waals surface area contributed by atoms with Gasteiger partial charge >= 0.3 is 0 Å². The lowest BCUT2D eigenvalue weighted by atomic mass is 9.86. The van der Waals surface area contributed by atoms with E-state index in [-0.39, 0.29) is 23.2 Å². The van der Waals surface area contributed by atoms with Crippen LogP contribution in [0.1, 0.15) is 36.8 Å². The molecule has 0 atom stereocenters. The number of phenolic OH excluding ortho intramolecular Hbond substituents is 2. The minimum atomic E-state index is -0.0522. The molecule has 0 unspecified atom stereocenters. The van der Waals surface area contributed by atoms with Gasteiger partial charge in [-0.3, -0.25) is 4.79 Å². The molecule has 0 spiro atoms. The maximum atomic E-state index is 11.8. The summed E-state index contributed by atoms with van der Waals surface area (Å²) in [5.41, 5.74) is 1.96. The predicted molar refractivity (Wildman–Crippen MR) is 78.0 cm³/mol. The van der Waals surface area contributed by atoms with Gasteiger partial charge in [-0.05, 0) is 35.4 Å². The van der Waals surface area contributed by atoms with Gasteiger partial charge in [0.1, 0.15) is 17.3 Å². The van der Waals surface area contributed by atoms with Crippen LogP contribution in [0.15, 0.2) is 48.5 Å². The molecule has 2 aromatic rings. The van der Waals surface area contributed by atoms with E-state index in [9.17, 15) is 15.0 Å². The third-order valence-electron chi connectivity index (χ3n) is 3.42. The molecule has 3 heteroatoms. The number of carbonyl (C=O) groups is 1. The second-order valence-electron chi connectivity index (χ2n) is 4.83. The summed E-state index contributed by atoms with van der Waals surface area (Å²) >= 11 is 0. The lowest BCUT2D eigenvalue weighted by molar-refractivity contribution is -0.118. The van der Waals surface area contributed by atoms with E-state index in [1.807, 2.05) is 31.2 Å². The van der Waals surface area contributed by atoms with Gasteiger partial charge in [-0.25, -0.2) is 0 Å². The van der Waals surface area contributed by atoms with Crippen molar-refractivity contribution in [3.8, 4) is 11.5 Å². The maximum absolute atomic E-state index is 11.8. The Kier molecular flexibility index (Phi) is 4.41. The molecule has 2 rings (SSSR count). The number of Topliss-reactive ketones (excluding diaryl/α,β-unsaturated/α-hetero) is 1. The Morgan fingerprint density at radius 3 is 1.65 bits per heavy atom. The van der Waals surface area contributed by atoms with Crippen molar-refractivity contribution < 1.29 is 15.0 Å². The number of hydrogen-bond donors (Lipinski definition) is 2. The largest absolute Gasteiger partial charge is 0.508 e. The molecule has 0 aliphatic rings. The smallest absolute Gasteiger partial charge is 0.133 e. The van der Waals surface area contributed by atoms with E-state index in [0.717, 1.165) is 11.1 Å². The van der Waals surface area contributed by atoms with Crippen LogP contribution in [0.3, 0.4) is 0 Å². The first kappa shape index (κ1) is 14.1. The number of carbonyl (C=O) groups excluding carboxylic acids is 1. The summed E-state index contributed by atoms with van der Waals surface area (Å²) in [4.78, 5) is 11.8. The van der Waals surface area contributed by atoms with Gasteiger partial charge < -0.3 is 10.2 Å². The van der Waals surface area contributed by atoms with Crippen LogP contribution >= 0.6 is 0 Å². The average Bonchev–Trinajstić information content (AvgIpc) is 2.46. The third-order valence-corrected chi connectivity index (χ3v) is 3.42. The van der Waals surface area contributed by atoms with Gasteiger partial charge in [-0.1, -0.05) is 31.2 Å². The van der Waals surface area contributed by atoms with Crippen molar-refractivity contribution in [2.24, 2.45) is 0 Å². The van der Waals surface area contributed by atoms with Gasteiger partial charge in [0.2, 0.25) is 0 Å². The highest BCUT2D eigenvalue weighted by molar-refractivity contribution is 5.79. The van der Waals surface area contributed by atoms with Crippen LogP contribution in [0.2, 0.25) is 0 Å². The zero-order valence-electron chi connectivity index (χ0n) is 11.4. The van der Waals surface area contributed by atoms with Crippen LogP contribution in [-0.2, 0) is 4.79 Å². The molecule has 0 radical (unpaired) electrons. The Balaban J connectivity index is 2.35. The predicted octanol–water partition coefficient (Wildman–Crippen LogP) is 3.60. The molecule has 0 bridgehead atoms. The fourth-order valence-corrected chi connectivity index (χ4v) is 2.21. The summed E-state index contributed by atoms with van der Waals surface area (Å²) in [7, 11) is 0. The van der Waals surface area contributed by atoms with Gasteiger partial charge in [-0.15, -0.1) is 0 Å². The Bertz CT molecular complexity index is 525. The van der Waals surface area contributed by atoms with Crippen LogP contribution < -0.4 is 0 Å². The SMILES string of the molecule is CCC(=O)CC(c1ccc(O)cc1)c1ccc(O)cc1. The van der Waals surface area contributed by atoms with Crippen LogP contribution in [-0.4, -0.2) is 16.0 Å². The zero-order valence-corrected chi connectivity index (χ0v) is 11.4. The van der Waals surface area contributed by atoms with E-state index in [2.05, 4.69) is 0 Å².